The summed E-state index contributed by atoms with van der Waals surface area (Å²) in [4.78, 5) is 12.0. The second-order valence-corrected chi connectivity index (χ2v) is 5.99. The predicted molar refractivity (Wildman–Crippen MR) is 86.0 cm³/mol. The molecule has 1 aliphatic heterocycles. The average Bonchev–Trinajstić information content (AvgIpc) is 3.18. The molecular formula is C18H23NO3. The zero-order valence-electron chi connectivity index (χ0n) is 12.8. The Labute approximate surface area is 131 Å². The Morgan fingerprint density at radius 3 is 3.09 bits per heavy atom. The quantitative estimate of drug-likeness (QED) is 0.818. The molecule has 0 bridgehead atoms. The molecule has 1 N–H and O–H groups in total. The van der Waals surface area contributed by atoms with Crippen LogP contribution in [0, 0.1) is 5.92 Å². The van der Waals surface area contributed by atoms with Gasteiger partial charge in [-0.15, -0.1) is 0 Å². The predicted octanol–water partition coefficient (Wildman–Crippen LogP) is 3.54. The number of allylic oxidation sites excluding steroid dienone is 2. The van der Waals surface area contributed by atoms with E-state index in [2.05, 4.69) is 17.5 Å². The van der Waals surface area contributed by atoms with Crippen molar-refractivity contribution >= 4 is 11.6 Å². The molecule has 1 heterocycles. The van der Waals surface area contributed by atoms with E-state index < -0.39 is 0 Å². The molecule has 0 aromatic heterocycles. The van der Waals surface area contributed by atoms with E-state index in [9.17, 15) is 4.79 Å². The number of ether oxygens (including phenoxy) is 2. The summed E-state index contributed by atoms with van der Waals surface area (Å²) in [7, 11) is 0. The Hall–Kier alpha value is -1.81. The Morgan fingerprint density at radius 1 is 1.36 bits per heavy atom. The van der Waals surface area contributed by atoms with Crippen molar-refractivity contribution in [3.05, 3.63) is 36.4 Å². The van der Waals surface area contributed by atoms with Gasteiger partial charge in [0, 0.05) is 24.8 Å². The summed E-state index contributed by atoms with van der Waals surface area (Å²) >= 11 is 0. The van der Waals surface area contributed by atoms with Crippen molar-refractivity contribution in [2.24, 2.45) is 5.92 Å². The third-order valence-corrected chi connectivity index (χ3v) is 4.14. The highest BCUT2D eigenvalue weighted by Crippen LogP contribution is 2.23. The molecule has 1 amide bonds. The van der Waals surface area contributed by atoms with Gasteiger partial charge in [-0.2, -0.15) is 0 Å². The normalized spacial score (nSPS) is 23.6. The van der Waals surface area contributed by atoms with Gasteiger partial charge in [-0.25, -0.2) is 0 Å². The molecule has 1 aliphatic carbocycles. The SMILES string of the molecule is O=C(CC1C=CCC1)Nc1cccc(OCC2CCCO2)c1. The van der Waals surface area contributed by atoms with Crippen molar-refractivity contribution in [2.75, 3.05) is 18.5 Å². The van der Waals surface area contributed by atoms with E-state index in [1.54, 1.807) is 0 Å². The highest BCUT2D eigenvalue weighted by molar-refractivity contribution is 5.91. The van der Waals surface area contributed by atoms with Gasteiger partial charge in [-0.05, 0) is 43.7 Å². The van der Waals surface area contributed by atoms with Gasteiger partial charge in [0.05, 0.1) is 6.10 Å². The standard InChI is InChI=1S/C18H23NO3/c20-18(11-14-5-1-2-6-14)19-15-7-3-8-16(12-15)22-13-17-9-4-10-21-17/h1,3,5,7-8,12,14,17H,2,4,6,9-11,13H2,(H,19,20). The van der Waals surface area contributed by atoms with Crippen molar-refractivity contribution in [3.63, 3.8) is 0 Å². The van der Waals surface area contributed by atoms with E-state index in [1.165, 1.54) is 0 Å². The van der Waals surface area contributed by atoms with Gasteiger partial charge in [0.25, 0.3) is 0 Å². The molecule has 2 aliphatic rings. The van der Waals surface area contributed by atoms with E-state index >= 15 is 0 Å². The number of hydrogen-bond donors (Lipinski definition) is 1. The molecule has 1 aromatic carbocycles. The molecule has 0 radical (unpaired) electrons. The summed E-state index contributed by atoms with van der Waals surface area (Å²) in [6.07, 6.45) is 9.39. The van der Waals surface area contributed by atoms with E-state index in [0.29, 0.717) is 18.9 Å². The van der Waals surface area contributed by atoms with Crippen LogP contribution in [0.15, 0.2) is 36.4 Å². The lowest BCUT2D eigenvalue weighted by atomic mass is 10.1. The molecule has 2 atom stereocenters. The number of carbonyl (C=O) groups excluding carboxylic acids is 1. The topological polar surface area (TPSA) is 47.6 Å². The zero-order valence-corrected chi connectivity index (χ0v) is 12.8. The fraction of sp³-hybridized carbons (Fsp3) is 0.500. The molecule has 1 saturated heterocycles. The summed E-state index contributed by atoms with van der Waals surface area (Å²) in [6, 6.07) is 7.57. The molecule has 0 spiro atoms. The third kappa shape index (κ3) is 4.34. The maximum atomic E-state index is 12.0. The van der Waals surface area contributed by atoms with Crippen LogP contribution >= 0.6 is 0 Å². The molecule has 0 saturated carbocycles. The van der Waals surface area contributed by atoms with Crippen LogP contribution in [0.5, 0.6) is 5.75 Å². The fourth-order valence-electron chi connectivity index (χ4n) is 2.94. The molecule has 2 unspecified atom stereocenters. The lowest BCUT2D eigenvalue weighted by Crippen LogP contribution is -2.17. The van der Waals surface area contributed by atoms with Crippen LogP contribution in [0.1, 0.15) is 32.1 Å². The molecule has 118 valence electrons. The second kappa shape index (κ2) is 7.45. The first kappa shape index (κ1) is 15.1. The van der Waals surface area contributed by atoms with E-state index in [1.807, 2.05) is 24.3 Å². The summed E-state index contributed by atoms with van der Waals surface area (Å²) in [6.45, 7) is 1.41. The van der Waals surface area contributed by atoms with Crippen molar-refractivity contribution in [1.29, 1.82) is 0 Å². The Balaban J connectivity index is 1.49. The minimum absolute atomic E-state index is 0.0628. The van der Waals surface area contributed by atoms with Crippen LogP contribution < -0.4 is 10.1 Å². The molecule has 4 nitrogen and oxygen atoms in total. The molecule has 22 heavy (non-hydrogen) atoms. The highest BCUT2D eigenvalue weighted by atomic mass is 16.5. The van der Waals surface area contributed by atoms with Crippen LogP contribution in [0.2, 0.25) is 0 Å². The number of carbonyl (C=O) groups is 1. The van der Waals surface area contributed by atoms with E-state index in [0.717, 1.165) is 43.7 Å². The van der Waals surface area contributed by atoms with E-state index in [-0.39, 0.29) is 12.0 Å². The number of rotatable bonds is 6. The van der Waals surface area contributed by atoms with Crippen molar-refractivity contribution in [2.45, 2.75) is 38.2 Å². The number of hydrogen-bond acceptors (Lipinski definition) is 3. The molecule has 3 rings (SSSR count). The van der Waals surface area contributed by atoms with Crippen LogP contribution in [0.4, 0.5) is 5.69 Å². The van der Waals surface area contributed by atoms with E-state index in [4.69, 9.17) is 9.47 Å². The van der Waals surface area contributed by atoms with Crippen molar-refractivity contribution in [3.8, 4) is 5.75 Å². The fourth-order valence-corrected chi connectivity index (χ4v) is 2.94. The Bertz CT molecular complexity index is 535. The minimum atomic E-state index is 0.0628. The highest BCUT2D eigenvalue weighted by Gasteiger charge is 2.16. The molecule has 1 fully saturated rings. The largest absolute Gasteiger partial charge is 0.491 e. The number of benzene rings is 1. The first-order valence-corrected chi connectivity index (χ1v) is 8.10. The lowest BCUT2D eigenvalue weighted by Gasteiger charge is -2.13. The lowest BCUT2D eigenvalue weighted by molar-refractivity contribution is -0.116. The Kier molecular flexibility index (Phi) is 5.11. The minimum Gasteiger partial charge on any atom is -0.491 e. The molecule has 1 aromatic rings. The summed E-state index contributed by atoms with van der Waals surface area (Å²) in [5, 5.41) is 2.95. The number of amides is 1. The van der Waals surface area contributed by atoms with Crippen LogP contribution in [-0.4, -0.2) is 25.2 Å². The molecular weight excluding hydrogens is 278 g/mol. The second-order valence-electron chi connectivity index (χ2n) is 5.99. The zero-order chi connectivity index (χ0) is 15.2. The first-order valence-electron chi connectivity index (χ1n) is 8.10. The van der Waals surface area contributed by atoms with Gasteiger partial charge >= 0.3 is 0 Å². The summed E-state index contributed by atoms with van der Waals surface area (Å²) < 4.78 is 11.3. The van der Waals surface area contributed by atoms with Crippen LogP contribution in [0.3, 0.4) is 0 Å². The van der Waals surface area contributed by atoms with Gasteiger partial charge in [-0.1, -0.05) is 18.2 Å². The number of anilines is 1. The Morgan fingerprint density at radius 2 is 2.32 bits per heavy atom. The van der Waals surface area contributed by atoms with Gasteiger partial charge in [0.15, 0.2) is 0 Å². The van der Waals surface area contributed by atoms with Crippen molar-refractivity contribution < 1.29 is 14.3 Å². The van der Waals surface area contributed by atoms with Gasteiger partial charge < -0.3 is 14.8 Å². The average molecular weight is 301 g/mol. The maximum Gasteiger partial charge on any atom is 0.224 e. The molecule has 4 heteroatoms. The smallest absolute Gasteiger partial charge is 0.224 e. The number of nitrogens with one attached hydrogen (secondary N) is 1. The maximum absolute atomic E-state index is 12.0. The monoisotopic (exact) mass is 301 g/mol. The van der Waals surface area contributed by atoms with Gasteiger partial charge in [0.1, 0.15) is 12.4 Å². The van der Waals surface area contributed by atoms with Gasteiger partial charge in [0.2, 0.25) is 5.91 Å². The van der Waals surface area contributed by atoms with Crippen LogP contribution in [0.25, 0.3) is 0 Å². The van der Waals surface area contributed by atoms with Gasteiger partial charge in [-0.3, -0.25) is 4.79 Å². The van der Waals surface area contributed by atoms with Crippen molar-refractivity contribution in [1.82, 2.24) is 0 Å². The summed E-state index contributed by atoms with van der Waals surface area (Å²) in [5.41, 5.74) is 0.789. The first-order chi connectivity index (χ1) is 10.8. The van der Waals surface area contributed by atoms with Crippen LogP contribution in [-0.2, 0) is 9.53 Å². The summed E-state index contributed by atoms with van der Waals surface area (Å²) in [5.74, 6) is 1.22. The third-order valence-electron chi connectivity index (χ3n) is 4.14.